The van der Waals surface area contributed by atoms with Crippen molar-refractivity contribution in [2.45, 2.75) is 39.0 Å². The summed E-state index contributed by atoms with van der Waals surface area (Å²) in [6.07, 6.45) is 6.94. The number of fused-ring (bicyclic) bond motifs is 1. The molecule has 1 N–H and O–H groups in total. The maximum atomic E-state index is 12.0. The second kappa shape index (κ2) is 7.33. The van der Waals surface area contributed by atoms with E-state index < -0.39 is 0 Å². The Balaban J connectivity index is 1.31. The van der Waals surface area contributed by atoms with E-state index in [0.717, 1.165) is 39.9 Å². The molecule has 1 saturated carbocycles. The molecule has 0 atom stereocenters. The van der Waals surface area contributed by atoms with Gasteiger partial charge in [-0.3, -0.25) is 9.89 Å². The molecule has 1 aromatic carbocycles. The van der Waals surface area contributed by atoms with Gasteiger partial charge in [-0.2, -0.15) is 5.10 Å². The second-order valence-electron chi connectivity index (χ2n) is 8.83. The van der Waals surface area contributed by atoms with Gasteiger partial charge in [-0.1, -0.05) is 30.5 Å². The van der Waals surface area contributed by atoms with Gasteiger partial charge in [-0.05, 0) is 60.3 Å². The molecule has 1 aromatic heterocycles. The van der Waals surface area contributed by atoms with Crippen LogP contribution < -0.4 is 4.90 Å². The topological polar surface area (TPSA) is 52.2 Å². The average Bonchev–Trinajstić information content (AvgIpc) is 3.09. The fraction of sp³-hybridized carbons (Fsp3) is 0.545. The highest BCUT2D eigenvalue weighted by Gasteiger charge is 2.52. The van der Waals surface area contributed by atoms with Gasteiger partial charge in [0, 0.05) is 49.8 Å². The summed E-state index contributed by atoms with van der Waals surface area (Å²) in [6.45, 7) is 4.73. The molecule has 1 amide bonds. The lowest BCUT2D eigenvalue weighted by Crippen LogP contribution is -2.60. The van der Waals surface area contributed by atoms with Crippen LogP contribution in [0, 0.1) is 11.3 Å². The zero-order valence-corrected chi connectivity index (χ0v) is 18.6. The molecule has 3 aliphatic rings. The largest absolute Gasteiger partial charge is 0.315 e. The van der Waals surface area contributed by atoms with Crippen LogP contribution in [0.5, 0.6) is 0 Å². The molecule has 5 rings (SSSR count). The first kappa shape index (κ1) is 19.5. The summed E-state index contributed by atoms with van der Waals surface area (Å²) in [7, 11) is 1.82. The Morgan fingerprint density at radius 2 is 2.10 bits per heavy atom. The number of carbonyl (C=O) groups excluding carboxylic acids is 1. The van der Waals surface area contributed by atoms with Crippen LogP contribution in [-0.4, -0.2) is 46.3 Å². The number of halogens is 1. The molecule has 7 heteroatoms. The SMILES string of the molecule is CCSN1CC2(CC(Cc3c[nH]nc3-c3ccc4c(c3Cl)CCC(=O)N4C)C2)C1. The zero-order valence-electron chi connectivity index (χ0n) is 17.0. The first-order valence-corrected chi connectivity index (χ1v) is 11.8. The van der Waals surface area contributed by atoms with Crippen LogP contribution in [0.4, 0.5) is 5.69 Å². The van der Waals surface area contributed by atoms with Gasteiger partial charge >= 0.3 is 0 Å². The standard InChI is InChI=1S/C22H27ClN4OS/c1-3-29-27-12-22(13-27)9-14(10-22)8-15-11-24-25-21(15)17-4-6-18-16(20(17)23)5-7-19(28)26(18)2/h4,6,11,14H,3,5,7-10,12-13H2,1-2H3,(H,24,25). The van der Waals surface area contributed by atoms with Gasteiger partial charge in [-0.25, -0.2) is 4.31 Å². The highest BCUT2D eigenvalue weighted by Crippen LogP contribution is 2.54. The van der Waals surface area contributed by atoms with Crippen LogP contribution in [0.25, 0.3) is 11.3 Å². The number of H-pyrrole nitrogens is 1. The predicted octanol–water partition coefficient (Wildman–Crippen LogP) is 4.56. The van der Waals surface area contributed by atoms with Crippen molar-refractivity contribution in [1.29, 1.82) is 0 Å². The number of aromatic nitrogens is 2. The van der Waals surface area contributed by atoms with Gasteiger partial charge in [0.15, 0.2) is 0 Å². The fourth-order valence-corrected chi connectivity index (χ4v) is 6.88. The molecule has 5 nitrogen and oxygen atoms in total. The lowest BCUT2D eigenvalue weighted by Gasteiger charge is -2.58. The lowest BCUT2D eigenvalue weighted by atomic mass is 9.57. The van der Waals surface area contributed by atoms with E-state index in [1.165, 1.54) is 37.2 Å². The summed E-state index contributed by atoms with van der Waals surface area (Å²) in [6, 6.07) is 4.03. The molecule has 2 aromatic rings. The van der Waals surface area contributed by atoms with Crippen LogP contribution in [-0.2, 0) is 17.6 Å². The number of nitrogens with zero attached hydrogens (tertiary/aromatic N) is 3. The van der Waals surface area contributed by atoms with Gasteiger partial charge in [0.05, 0.1) is 10.7 Å². The van der Waals surface area contributed by atoms with Crippen molar-refractivity contribution in [1.82, 2.24) is 14.5 Å². The number of aromatic amines is 1. The molecular formula is C22H27ClN4OS. The minimum absolute atomic E-state index is 0.146. The lowest BCUT2D eigenvalue weighted by molar-refractivity contribution is -0.118. The molecule has 2 aliphatic heterocycles. The Labute approximate surface area is 181 Å². The molecule has 1 aliphatic carbocycles. The number of anilines is 1. The zero-order chi connectivity index (χ0) is 20.2. The average molecular weight is 431 g/mol. The van der Waals surface area contributed by atoms with Crippen LogP contribution >= 0.6 is 23.5 Å². The maximum absolute atomic E-state index is 12.0. The Kier molecular flexibility index (Phi) is 4.92. The summed E-state index contributed by atoms with van der Waals surface area (Å²) >= 11 is 8.78. The van der Waals surface area contributed by atoms with E-state index >= 15 is 0 Å². The van der Waals surface area contributed by atoms with E-state index in [-0.39, 0.29) is 5.91 Å². The van der Waals surface area contributed by atoms with Crippen LogP contribution in [0.15, 0.2) is 18.3 Å². The van der Waals surface area contributed by atoms with Crippen molar-refractivity contribution in [2.24, 2.45) is 11.3 Å². The third kappa shape index (κ3) is 3.29. The van der Waals surface area contributed by atoms with Crippen molar-refractivity contribution in [3.8, 4) is 11.3 Å². The van der Waals surface area contributed by atoms with Gasteiger partial charge in [0.25, 0.3) is 0 Å². The number of nitrogens with one attached hydrogen (secondary N) is 1. The Hall–Kier alpha value is -1.50. The van der Waals surface area contributed by atoms with Gasteiger partial charge in [0.1, 0.15) is 0 Å². The molecule has 0 radical (unpaired) electrons. The van der Waals surface area contributed by atoms with E-state index in [2.05, 4.69) is 21.4 Å². The van der Waals surface area contributed by atoms with Crippen molar-refractivity contribution < 1.29 is 4.79 Å². The fourth-order valence-electron chi connectivity index (χ4n) is 5.44. The predicted molar refractivity (Wildman–Crippen MR) is 119 cm³/mol. The van der Waals surface area contributed by atoms with Crippen LogP contribution in [0.2, 0.25) is 5.02 Å². The number of amides is 1. The van der Waals surface area contributed by atoms with Crippen molar-refractivity contribution in [3.63, 3.8) is 0 Å². The summed E-state index contributed by atoms with van der Waals surface area (Å²) in [5.41, 5.74) is 5.77. The first-order chi connectivity index (χ1) is 14.0. The maximum Gasteiger partial charge on any atom is 0.227 e. The quantitative estimate of drug-likeness (QED) is 0.706. The number of hydrogen-bond donors (Lipinski definition) is 1. The molecule has 0 bridgehead atoms. The molecule has 1 spiro atoms. The second-order valence-corrected chi connectivity index (χ2v) is 10.6. The Bertz CT molecular complexity index is 944. The molecule has 29 heavy (non-hydrogen) atoms. The Morgan fingerprint density at radius 3 is 2.86 bits per heavy atom. The summed E-state index contributed by atoms with van der Waals surface area (Å²) in [4.78, 5) is 13.7. The number of benzene rings is 1. The first-order valence-electron chi connectivity index (χ1n) is 10.5. The minimum Gasteiger partial charge on any atom is -0.315 e. The van der Waals surface area contributed by atoms with E-state index in [4.69, 9.17) is 11.6 Å². The number of carbonyl (C=O) groups is 1. The van der Waals surface area contributed by atoms with Crippen LogP contribution in [0.1, 0.15) is 37.3 Å². The van der Waals surface area contributed by atoms with Crippen molar-refractivity contribution in [3.05, 3.63) is 34.5 Å². The van der Waals surface area contributed by atoms with E-state index in [9.17, 15) is 4.79 Å². The normalized spacial score (nSPS) is 21.2. The van der Waals surface area contributed by atoms with Crippen LogP contribution in [0.3, 0.4) is 0 Å². The number of rotatable bonds is 5. The molecule has 154 valence electrons. The summed E-state index contributed by atoms with van der Waals surface area (Å²) < 4.78 is 2.51. The molecule has 1 saturated heterocycles. The molecule has 0 unspecified atom stereocenters. The highest BCUT2D eigenvalue weighted by atomic mass is 35.5. The van der Waals surface area contributed by atoms with Gasteiger partial charge < -0.3 is 4.90 Å². The Morgan fingerprint density at radius 1 is 1.31 bits per heavy atom. The van der Waals surface area contributed by atoms with Crippen molar-refractivity contribution in [2.75, 3.05) is 30.8 Å². The third-order valence-corrected chi connectivity index (χ3v) is 8.12. The monoisotopic (exact) mass is 430 g/mol. The molecule has 2 fully saturated rings. The minimum atomic E-state index is 0.146. The highest BCUT2D eigenvalue weighted by molar-refractivity contribution is 7.97. The van der Waals surface area contributed by atoms with Gasteiger partial charge in [0.2, 0.25) is 5.91 Å². The van der Waals surface area contributed by atoms with E-state index in [1.54, 1.807) is 4.90 Å². The van der Waals surface area contributed by atoms with Gasteiger partial charge in [-0.15, -0.1) is 0 Å². The van der Waals surface area contributed by atoms with Crippen molar-refractivity contribution >= 4 is 35.1 Å². The molecular weight excluding hydrogens is 404 g/mol. The third-order valence-electron chi connectivity index (χ3n) is 6.80. The molecule has 3 heterocycles. The van der Waals surface area contributed by atoms with E-state index in [0.29, 0.717) is 18.3 Å². The summed E-state index contributed by atoms with van der Waals surface area (Å²) in [5.74, 6) is 2.05. The smallest absolute Gasteiger partial charge is 0.227 e. The van der Waals surface area contributed by atoms with E-state index in [1.807, 2.05) is 37.3 Å². The number of hydrogen-bond acceptors (Lipinski definition) is 4. The summed E-state index contributed by atoms with van der Waals surface area (Å²) in [5, 5.41) is 8.35.